The topological polar surface area (TPSA) is 109 Å². The average molecular weight is 699 g/mol. The number of aliphatic hydroxyl groups excluding tert-OH is 1. The molecule has 48 heavy (non-hydrogen) atoms. The first-order valence-corrected chi connectivity index (χ1v) is 20.9. The molecule has 1 unspecified atom stereocenters. The Balaban J connectivity index is 1.30. The number of unbranched alkanes of at least 4 members (excludes halogenated alkanes) is 7. The van der Waals surface area contributed by atoms with Gasteiger partial charge in [0.25, 0.3) is 0 Å². The third-order valence-corrected chi connectivity index (χ3v) is 12.6. The Kier molecular flexibility index (Phi) is 13.8. The Morgan fingerprint density at radius 1 is 0.917 bits per heavy atom. The number of anilines is 1. The molecule has 264 valence electrons. The molecule has 9 nitrogen and oxygen atoms in total. The summed E-state index contributed by atoms with van der Waals surface area (Å²) < 4.78 is 47.0. The van der Waals surface area contributed by atoms with Gasteiger partial charge in [0, 0.05) is 69.5 Å². The van der Waals surface area contributed by atoms with Gasteiger partial charge in [-0.3, -0.25) is 14.8 Å². The fourth-order valence-electron chi connectivity index (χ4n) is 7.06. The van der Waals surface area contributed by atoms with Crippen LogP contribution in [0.5, 0.6) is 5.75 Å². The van der Waals surface area contributed by atoms with Crippen molar-refractivity contribution in [2.45, 2.75) is 91.9 Å². The van der Waals surface area contributed by atoms with E-state index in [9.17, 15) is 18.1 Å². The SMILES string of the molecule is CCCCCCCCCCOc1ccc(S(=O)(=O)c2cnc3ccc([S+](C)[O-])cc3c2N2CCC(N3CCN(CCO)CC3)CC2)cc1. The maximum absolute atomic E-state index is 14.3. The molecule has 0 bridgehead atoms. The predicted molar refractivity (Wildman–Crippen MR) is 194 cm³/mol. The highest BCUT2D eigenvalue weighted by Gasteiger charge is 2.32. The number of sulfone groups is 1. The number of hydrogen-bond acceptors (Lipinski definition) is 9. The number of ether oxygens (including phenoxy) is 1. The molecule has 0 saturated carbocycles. The predicted octanol–water partition coefficient (Wildman–Crippen LogP) is 5.90. The lowest BCUT2D eigenvalue weighted by atomic mass is 10.0. The molecule has 11 heteroatoms. The molecule has 0 radical (unpaired) electrons. The summed E-state index contributed by atoms with van der Waals surface area (Å²) in [5, 5.41) is 10.0. The van der Waals surface area contributed by atoms with Crippen molar-refractivity contribution >= 4 is 37.6 Å². The van der Waals surface area contributed by atoms with Gasteiger partial charge in [-0.15, -0.1) is 0 Å². The van der Waals surface area contributed by atoms with Crippen LogP contribution in [-0.4, -0.2) is 104 Å². The maximum atomic E-state index is 14.3. The standard InChI is InChI=1S/C37H54N4O5S2/c1-3-4-5-6-7-8-9-10-27-46-31-11-14-33(15-12-31)48(44,45)36-29-38-35-16-13-32(47(2)43)28-34(35)37(36)41-19-17-30(18-20-41)40-23-21-39(22-24-40)25-26-42/h11-16,28-30,42H,3-10,17-27H2,1-2H3. The van der Waals surface area contributed by atoms with E-state index in [0.29, 0.717) is 53.0 Å². The van der Waals surface area contributed by atoms with Crippen LogP contribution < -0.4 is 9.64 Å². The molecular formula is C37H54N4O5S2. The minimum absolute atomic E-state index is 0.178. The lowest BCUT2D eigenvalue weighted by Crippen LogP contribution is -2.53. The van der Waals surface area contributed by atoms with Crippen LogP contribution in [-0.2, 0) is 21.0 Å². The monoisotopic (exact) mass is 698 g/mol. The molecule has 2 fully saturated rings. The minimum Gasteiger partial charge on any atom is -0.612 e. The summed E-state index contributed by atoms with van der Waals surface area (Å²) in [5.41, 5.74) is 1.33. The van der Waals surface area contributed by atoms with Crippen molar-refractivity contribution in [1.29, 1.82) is 0 Å². The molecule has 2 aromatic carbocycles. The number of aliphatic hydroxyl groups is 1. The van der Waals surface area contributed by atoms with E-state index in [2.05, 4.69) is 26.6 Å². The van der Waals surface area contributed by atoms with E-state index in [0.717, 1.165) is 58.4 Å². The van der Waals surface area contributed by atoms with Gasteiger partial charge < -0.3 is 19.3 Å². The van der Waals surface area contributed by atoms with Gasteiger partial charge in [-0.05, 0) is 66.8 Å². The summed E-state index contributed by atoms with van der Waals surface area (Å²) in [5.74, 6) is 0.670. The highest BCUT2D eigenvalue weighted by atomic mass is 32.2. The highest BCUT2D eigenvalue weighted by Crippen LogP contribution is 2.38. The number of rotatable bonds is 17. The van der Waals surface area contributed by atoms with Gasteiger partial charge in [0.15, 0.2) is 4.90 Å². The number of fused-ring (bicyclic) bond motifs is 1. The van der Waals surface area contributed by atoms with Crippen molar-refractivity contribution in [2.75, 3.05) is 70.2 Å². The van der Waals surface area contributed by atoms with Gasteiger partial charge in [-0.1, -0.05) is 51.9 Å². The minimum atomic E-state index is -3.92. The molecule has 3 heterocycles. The number of pyridine rings is 1. The number of hydrogen-bond donors (Lipinski definition) is 1. The largest absolute Gasteiger partial charge is 0.612 e. The number of β-amino-alcohol motifs (C(OH)–C–C–N with tert-alkyl or cyclic N) is 1. The van der Waals surface area contributed by atoms with Gasteiger partial charge in [0.1, 0.15) is 16.9 Å². The van der Waals surface area contributed by atoms with Crippen LogP contribution in [0, 0.1) is 0 Å². The van der Waals surface area contributed by atoms with E-state index in [4.69, 9.17) is 4.74 Å². The van der Waals surface area contributed by atoms with Crippen LogP contribution in [0.3, 0.4) is 0 Å². The summed E-state index contributed by atoms with van der Waals surface area (Å²) in [6.07, 6.45) is 14.8. The second-order valence-corrected chi connectivity index (χ2v) is 16.5. The third kappa shape index (κ3) is 9.43. The van der Waals surface area contributed by atoms with Crippen molar-refractivity contribution in [2.24, 2.45) is 0 Å². The number of piperidine rings is 1. The van der Waals surface area contributed by atoms with Crippen molar-refractivity contribution < 1.29 is 22.8 Å². The summed E-state index contributed by atoms with van der Waals surface area (Å²) >= 11 is -1.22. The molecular weight excluding hydrogens is 645 g/mol. The summed E-state index contributed by atoms with van der Waals surface area (Å²) in [7, 11) is -3.92. The molecule has 1 atom stereocenters. The van der Waals surface area contributed by atoms with Crippen LogP contribution >= 0.6 is 0 Å². The molecule has 0 aliphatic carbocycles. The molecule has 0 amide bonds. The molecule has 0 spiro atoms. The molecule has 1 N–H and O–H groups in total. The Morgan fingerprint density at radius 2 is 1.58 bits per heavy atom. The van der Waals surface area contributed by atoms with Gasteiger partial charge in [0.2, 0.25) is 9.84 Å². The molecule has 5 rings (SSSR count). The van der Waals surface area contributed by atoms with E-state index < -0.39 is 21.0 Å². The first kappa shape index (κ1) is 36.9. The number of aromatic nitrogens is 1. The average Bonchev–Trinajstić information content (AvgIpc) is 3.11. The fourth-order valence-corrected chi connectivity index (χ4v) is 9.03. The van der Waals surface area contributed by atoms with Crippen LogP contribution in [0.15, 0.2) is 63.3 Å². The number of benzene rings is 2. The van der Waals surface area contributed by atoms with Crippen LogP contribution in [0.4, 0.5) is 5.69 Å². The lowest BCUT2D eigenvalue weighted by Gasteiger charge is -2.43. The van der Waals surface area contributed by atoms with Crippen LogP contribution in [0.25, 0.3) is 10.9 Å². The molecule has 3 aromatic rings. The third-order valence-electron chi connectivity index (χ3n) is 9.92. The first-order valence-electron chi connectivity index (χ1n) is 17.9. The van der Waals surface area contributed by atoms with E-state index in [1.807, 2.05) is 12.1 Å². The van der Waals surface area contributed by atoms with E-state index >= 15 is 0 Å². The molecule has 2 aliphatic heterocycles. The van der Waals surface area contributed by atoms with Gasteiger partial charge in [0.05, 0.1) is 29.3 Å². The zero-order chi connectivity index (χ0) is 33.9. The number of piperazine rings is 1. The Morgan fingerprint density at radius 3 is 2.23 bits per heavy atom. The van der Waals surface area contributed by atoms with Crippen molar-refractivity contribution in [3.63, 3.8) is 0 Å². The Bertz CT molecular complexity index is 1540. The first-order chi connectivity index (χ1) is 23.3. The zero-order valence-electron chi connectivity index (χ0n) is 28.8. The van der Waals surface area contributed by atoms with Gasteiger partial charge >= 0.3 is 0 Å². The Hall–Kier alpha value is -2.41. The van der Waals surface area contributed by atoms with E-state index in [1.54, 1.807) is 36.6 Å². The summed E-state index contributed by atoms with van der Waals surface area (Å²) in [4.78, 5) is 12.7. The maximum Gasteiger partial charge on any atom is 0.210 e. The van der Waals surface area contributed by atoms with Gasteiger partial charge in [-0.2, -0.15) is 0 Å². The second kappa shape index (κ2) is 18.0. The van der Waals surface area contributed by atoms with Crippen molar-refractivity contribution in [1.82, 2.24) is 14.8 Å². The fraction of sp³-hybridized carbons (Fsp3) is 0.595. The lowest BCUT2D eigenvalue weighted by molar-refractivity contribution is 0.0747. The molecule has 2 saturated heterocycles. The second-order valence-electron chi connectivity index (χ2n) is 13.2. The summed E-state index contributed by atoms with van der Waals surface area (Å²) in [6.45, 7) is 9.07. The number of nitrogens with zero attached hydrogens (tertiary/aromatic N) is 4. The summed E-state index contributed by atoms with van der Waals surface area (Å²) in [6, 6.07) is 12.7. The smallest absolute Gasteiger partial charge is 0.210 e. The van der Waals surface area contributed by atoms with Gasteiger partial charge in [-0.25, -0.2) is 8.42 Å². The quantitative estimate of drug-likeness (QED) is 0.136. The van der Waals surface area contributed by atoms with E-state index in [-0.39, 0.29) is 16.4 Å². The van der Waals surface area contributed by atoms with Crippen LogP contribution in [0.2, 0.25) is 0 Å². The zero-order valence-corrected chi connectivity index (χ0v) is 30.4. The van der Waals surface area contributed by atoms with Crippen molar-refractivity contribution in [3.8, 4) is 5.75 Å². The Labute approximate surface area is 290 Å². The molecule has 1 aromatic heterocycles. The van der Waals surface area contributed by atoms with E-state index in [1.165, 1.54) is 44.7 Å². The molecule has 2 aliphatic rings. The van der Waals surface area contributed by atoms with Crippen molar-refractivity contribution in [3.05, 3.63) is 48.7 Å². The normalized spacial score (nSPS) is 17.6. The van der Waals surface area contributed by atoms with Crippen LogP contribution in [0.1, 0.15) is 71.1 Å². The highest BCUT2D eigenvalue weighted by molar-refractivity contribution is 7.91.